The van der Waals surface area contributed by atoms with Crippen LogP contribution in [0.4, 0.5) is 0 Å². The molecule has 0 amide bonds. The molecule has 2 aromatic carbocycles. The topological polar surface area (TPSA) is 48.0 Å². The molecule has 0 bridgehead atoms. The molecular weight excluding hydrogens is 354 g/mol. The highest BCUT2D eigenvalue weighted by Gasteiger charge is 2.33. The minimum absolute atomic E-state index is 0.106. The van der Waals surface area contributed by atoms with Crippen molar-refractivity contribution in [3.8, 4) is 17.2 Å². The number of benzene rings is 2. The van der Waals surface area contributed by atoms with E-state index in [0.717, 1.165) is 29.2 Å². The van der Waals surface area contributed by atoms with Gasteiger partial charge in [-0.05, 0) is 37.1 Å². The zero-order valence-corrected chi connectivity index (χ0v) is 16.5. The number of ketones is 1. The monoisotopic (exact) mass is 379 g/mol. The highest BCUT2D eigenvalue weighted by Crippen LogP contribution is 2.42. The maximum absolute atomic E-state index is 12.9. The van der Waals surface area contributed by atoms with E-state index in [1.165, 1.54) is 0 Å². The zero-order valence-electron chi connectivity index (χ0n) is 16.5. The van der Waals surface area contributed by atoms with E-state index in [1.807, 2.05) is 37.3 Å². The number of para-hydroxylation sites is 1. The Morgan fingerprint density at radius 2 is 2.04 bits per heavy atom. The molecule has 0 radical (unpaired) electrons. The summed E-state index contributed by atoms with van der Waals surface area (Å²) >= 11 is 0. The largest absolute Gasteiger partial charge is 0.493 e. The number of fused-ring (bicyclic) bond motifs is 3. The molecule has 2 aliphatic heterocycles. The normalized spacial score (nSPS) is 17.3. The summed E-state index contributed by atoms with van der Waals surface area (Å²) in [5, 5.41) is 0. The van der Waals surface area contributed by atoms with Crippen molar-refractivity contribution in [2.75, 3.05) is 19.9 Å². The van der Waals surface area contributed by atoms with Crippen molar-refractivity contribution in [2.45, 2.75) is 27.3 Å². The van der Waals surface area contributed by atoms with Gasteiger partial charge in [-0.2, -0.15) is 0 Å². The van der Waals surface area contributed by atoms with E-state index >= 15 is 0 Å². The number of nitrogens with zero attached hydrogens (tertiary/aromatic N) is 1. The van der Waals surface area contributed by atoms with E-state index in [1.54, 1.807) is 12.1 Å². The van der Waals surface area contributed by atoms with Crippen molar-refractivity contribution in [3.05, 3.63) is 58.8 Å². The second kappa shape index (κ2) is 7.68. The van der Waals surface area contributed by atoms with Crippen molar-refractivity contribution in [3.63, 3.8) is 0 Å². The maximum atomic E-state index is 12.9. The number of ether oxygens (including phenoxy) is 3. The van der Waals surface area contributed by atoms with Crippen LogP contribution in [0.25, 0.3) is 6.08 Å². The Bertz CT molecular complexity index is 932. The molecule has 5 nitrogen and oxygen atoms in total. The quantitative estimate of drug-likeness (QED) is 0.716. The molecule has 0 N–H and O–H groups in total. The van der Waals surface area contributed by atoms with Crippen LogP contribution in [0.1, 0.15) is 42.3 Å². The summed E-state index contributed by atoms with van der Waals surface area (Å²) < 4.78 is 17.6. The van der Waals surface area contributed by atoms with Crippen LogP contribution >= 0.6 is 0 Å². The van der Waals surface area contributed by atoms with Gasteiger partial charge in [-0.25, -0.2) is 0 Å². The molecule has 0 atom stereocenters. The molecule has 4 rings (SSSR count). The second-order valence-electron chi connectivity index (χ2n) is 7.51. The number of rotatable bonds is 5. The highest BCUT2D eigenvalue weighted by molar-refractivity contribution is 6.15. The summed E-state index contributed by atoms with van der Waals surface area (Å²) in [6.07, 6.45) is 1.76. The first-order chi connectivity index (χ1) is 13.6. The molecule has 0 saturated carbocycles. The molecule has 0 aromatic heterocycles. The Kier molecular flexibility index (Phi) is 5.09. The van der Waals surface area contributed by atoms with Gasteiger partial charge < -0.3 is 14.2 Å². The molecule has 2 aliphatic rings. The Morgan fingerprint density at radius 3 is 2.82 bits per heavy atom. The van der Waals surface area contributed by atoms with Crippen LogP contribution in [-0.2, 0) is 6.54 Å². The van der Waals surface area contributed by atoms with Crippen molar-refractivity contribution in [2.24, 2.45) is 5.92 Å². The Hall–Kier alpha value is -2.79. The summed E-state index contributed by atoms with van der Waals surface area (Å²) in [7, 11) is 0. The van der Waals surface area contributed by atoms with E-state index in [9.17, 15) is 4.79 Å². The molecular formula is C23H25NO4. The molecule has 0 spiro atoms. The number of carbonyl (C=O) groups is 1. The minimum atomic E-state index is -0.106. The fourth-order valence-electron chi connectivity index (χ4n) is 3.67. The molecule has 0 aliphatic carbocycles. The molecule has 146 valence electrons. The van der Waals surface area contributed by atoms with Gasteiger partial charge in [0.1, 0.15) is 24.0 Å². The first-order valence-electron chi connectivity index (χ1n) is 9.74. The third-order valence-corrected chi connectivity index (χ3v) is 4.81. The van der Waals surface area contributed by atoms with Gasteiger partial charge in [-0.15, -0.1) is 0 Å². The predicted octanol–water partition coefficient (Wildman–Crippen LogP) is 4.51. The van der Waals surface area contributed by atoms with Crippen LogP contribution in [0, 0.1) is 5.92 Å². The van der Waals surface area contributed by atoms with Crippen LogP contribution in [0.5, 0.6) is 17.2 Å². The number of Topliss-reactive ketones (excluding diaryl/α,β-unsaturated/α-hetero) is 1. The number of hydrogen-bond acceptors (Lipinski definition) is 5. The number of hydrogen-bond donors (Lipinski definition) is 0. The zero-order chi connectivity index (χ0) is 19.7. The molecule has 2 aromatic rings. The third-order valence-electron chi connectivity index (χ3n) is 4.81. The lowest BCUT2D eigenvalue weighted by atomic mass is 10.0. The van der Waals surface area contributed by atoms with Crippen molar-refractivity contribution >= 4 is 11.9 Å². The lowest BCUT2D eigenvalue weighted by Crippen LogP contribution is -2.34. The van der Waals surface area contributed by atoms with E-state index < -0.39 is 0 Å². The van der Waals surface area contributed by atoms with E-state index in [4.69, 9.17) is 14.2 Å². The van der Waals surface area contributed by atoms with E-state index in [-0.39, 0.29) is 5.78 Å². The van der Waals surface area contributed by atoms with Crippen LogP contribution in [0.3, 0.4) is 0 Å². The van der Waals surface area contributed by atoms with Crippen LogP contribution in [0.15, 0.2) is 42.2 Å². The minimum Gasteiger partial charge on any atom is -0.493 e. The van der Waals surface area contributed by atoms with E-state index in [2.05, 4.69) is 18.7 Å². The van der Waals surface area contributed by atoms with Gasteiger partial charge in [-0.3, -0.25) is 9.69 Å². The summed E-state index contributed by atoms with van der Waals surface area (Å²) in [6, 6.07) is 11.3. The van der Waals surface area contributed by atoms with Gasteiger partial charge in [0, 0.05) is 18.7 Å². The average Bonchev–Trinajstić information content (AvgIpc) is 2.99. The molecule has 5 heteroatoms. The van der Waals surface area contributed by atoms with Gasteiger partial charge in [-0.1, -0.05) is 32.0 Å². The second-order valence-corrected chi connectivity index (χ2v) is 7.51. The molecule has 28 heavy (non-hydrogen) atoms. The van der Waals surface area contributed by atoms with Crippen molar-refractivity contribution in [1.29, 1.82) is 0 Å². The SMILES string of the molecule is CCOc1ccccc1/C=C1\Oc2c(ccc3c2CN(CC(C)C)CO3)C1=O. The molecule has 0 fully saturated rings. The molecule has 0 saturated heterocycles. The lowest BCUT2D eigenvalue weighted by molar-refractivity contribution is 0.0832. The summed E-state index contributed by atoms with van der Waals surface area (Å²) in [6.45, 7) is 9.07. The Morgan fingerprint density at radius 1 is 1.21 bits per heavy atom. The van der Waals surface area contributed by atoms with Gasteiger partial charge in [0.2, 0.25) is 5.78 Å². The Balaban J connectivity index is 1.66. The number of carbonyl (C=O) groups excluding carboxylic acids is 1. The Labute approximate surface area is 165 Å². The van der Waals surface area contributed by atoms with Gasteiger partial charge in [0.05, 0.1) is 17.7 Å². The first kappa shape index (κ1) is 18.6. The van der Waals surface area contributed by atoms with E-state index in [0.29, 0.717) is 42.9 Å². The summed E-state index contributed by atoms with van der Waals surface area (Å²) in [5.74, 6) is 2.90. The highest BCUT2D eigenvalue weighted by atomic mass is 16.5. The first-order valence-corrected chi connectivity index (χ1v) is 9.74. The smallest absolute Gasteiger partial charge is 0.231 e. The maximum Gasteiger partial charge on any atom is 0.231 e. The van der Waals surface area contributed by atoms with Gasteiger partial charge in [0.15, 0.2) is 5.76 Å². The molecule has 2 heterocycles. The van der Waals surface area contributed by atoms with Gasteiger partial charge in [0.25, 0.3) is 0 Å². The number of allylic oxidation sites excluding steroid dienone is 1. The fourth-order valence-corrected chi connectivity index (χ4v) is 3.67. The summed E-state index contributed by atoms with van der Waals surface area (Å²) in [5.41, 5.74) is 2.36. The lowest BCUT2D eigenvalue weighted by Gasteiger charge is -2.30. The van der Waals surface area contributed by atoms with Crippen LogP contribution in [-0.4, -0.2) is 30.6 Å². The summed E-state index contributed by atoms with van der Waals surface area (Å²) in [4.78, 5) is 15.2. The van der Waals surface area contributed by atoms with Gasteiger partial charge >= 0.3 is 0 Å². The predicted molar refractivity (Wildman–Crippen MR) is 108 cm³/mol. The average molecular weight is 379 g/mol. The molecule has 0 unspecified atom stereocenters. The fraction of sp³-hybridized carbons (Fsp3) is 0.348. The van der Waals surface area contributed by atoms with Crippen LogP contribution < -0.4 is 14.2 Å². The van der Waals surface area contributed by atoms with Crippen LogP contribution in [0.2, 0.25) is 0 Å². The standard InChI is InChI=1S/C23H25NO4/c1-4-26-19-8-6-5-7-16(19)11-21-22(25)17-9-10-20-18(23(17)28-21)13-24(14-27-20)12-15(2)3/h5-11,15H,4,12-14H2,1-3H3/b21-11-. The van der Waals surface area contributed by atoms with Crippen molar-refractivity contribution in [1.82, 2.24) is 4.90 Å². The van der Waals surface area contributed by atoms with Crippen molar-refractivity contribution < 1.29 is 19.0 Å². The third kappa shape index (κ3) is 3.50.